The first-order valence-corrected chi connectivity index (χ1v) is 12.6. The van der Waals surface area contributed by atoms with Crippen molar-refractivity contribution in [2.24, 2.45) is 5.92 Å². The Hall–Kier alpha value is -3.32. The van der Waals surface area contributed by atoms with Crippen LogP contribution in [0.4, 0.5) is 0 Å². The van der Waals surface area contributed by atoms with Crippen molar-refractivity contribution < 1.29 is 27.8 Å². The highest BCUT2D eigenvalue weighted by atomic mass is 32.2. The third kappa shape index (κ3) is 5.97. The molecule has 0 aliphatic carbocycles. The van der Waals surface area contributed by atoms with E-state index in [1.807, 2.05) is 61.5 Å². The quantitative estimate of drug-likeness (QED) is 0.373. The summed E-state index contributed by atoms with van der Waals surface area (Å²) in [5.41, 5.74) is 2.70. The second kappa shape index (κ2) is 11.2. The van der Waals surface area contributed by atoms with Crippen LogP contribution < -0.4 is 9.47 Å². The van der Waals surface area contributed by atoms with Gasteiger partial charge in [-0.3, -0.25) is 4.79 Å². The molecule has 2 atom stereocenters. The number of hydrogen-bond donors (Lipinski definition) is 1. The number of ether oxygens (including phenoxy) is 2. The molecular formula is C27H30O6S. The maximum atomic E-state index is 13.8. The van der Waals surface area contributed by atoms with Gasteiger partial charge in [-0.05, 0) is 47.6 Å². The minimum absolute atomic E-state index is 0.00274. The summed E-state index contributed by atoms with van der Waals surface area (Å²) in [6.07, 6.45) is 0.696. The maximum Gasteiger partial charge on any atom is 0.303 e. The lowest BCUT2D eigenvalue weighted by molar-refractivity contribution is -0.137. The van der Waals surface area contributed by atoms with E-state index in [1.54, 1.807) is 6.07 Å². The fourth-order valence-electron chi connectivity index (χ4n) is 3.97. The van der Waals surface area contributed by atoms with E-state index in [0.29, 0.717) is 29.9 Å². The molecule has 34 heavy (non-hydrogen) atoms. The second-order valence-corrected chi connectivity index (χ2v) is 10.4. The van der Waals surface area contributed by atoms with Crippen LogP contribution in [0.5, 0.6) is 11.5 Å². The van der Waals surface area contributed by atoms with Crippen molar-refractivity contribution in [2.45, 2.75) is 36.3 Å². The van der Waals surface area contributed by atoms with E-state index in [2.05, 4.69) is 0 Å². The Labute approximate surface area is 201 Å². The molecule has 0 saturated heterocycles. The van der Waals surface area contributed by atoms with E-state index < -0.39 is 21.1 Å². The lowest BCUT2D eigenvalue weighted by Gasteiger charge is -2.22. The summed E-state index contributed by atoms with van der Waals surface area (Å²) >= 11 is 0. The molecule has 0 heterocycles. The van der Waals surface area contributed by atoms with Gasteiger partial charge in [0.05, 0.1) is 24.4 Å². The van der Waals surface area contributed by atoms with Crippen LogP contribution >= 0.6 is 0 Å². The normalized spacial score (nSPS) is 13.1. The zero-order valence-electron chi connectivity index (χ0n) is 19.6. The number of carbonyl (C=O) groups is 1. The van der Waals surface area contributed by atoms with Gasteiger partial charge in [0.1, 0.15) is 0 Å². The van der Waals surface area contributed by atoms with E-state index in [9.17, 15) is 13.2 Å². The molecule has 1 N–H and O–H groups in total. The zero-order valence-corrected chi connectivity index (χ0v) is 20.4. The van der Waals surface area contributed by atoms with Gasteiger partial charge in [0.15, 0.2) is 21.3 Å². The van der Waals surface area contributed by atoms with E-state index in [1.165, 1.54) is 26.4 Å². The monoisotopic (exact) mass is 482 g/mol. The van der Waals surface area contributed by atoms with Gasteiger partial charge in [-0.25, -0.2) is 8.42 Å². The molecule has 0 radical (unpaired) electrons. The minimum atomic E-state index is -3.81. The zero-order chi connectivity index (χ0) is 24.7. The fourth-order valence-corrected chi connectivity index (χ4v) is 5.93. The number of hydrogen-bond acceptors (Lipinski definition) is 5. The van der Waals surface area contributed by atoms with E-state index in [-0.39, 0.29) is 17.2 Å². The van der Waals surface area contributed by atoms with Crippen LogP contribution in [0.2, 0.25) is 0 Å². The molecule has 7 heteroatoms. The highest BCUT2D eigenvalue weighted by molar-refractivity contribution is 7.91. The predicted molar refractivity (Wildman–Crippen MR) is 132 cm³/mol. The highest BCUT2D eigenvalue weighted by Crippen LogP contribution is 2.39. The molecule has 3 aromatic rings. The lowest BCUT2D eigenvalue weighted by Crippen LogP contribution is -2.17. The number of rotatable bonds is 11. The van der Waals surface area contributed by atoms with Gasteiger partial charge in [0, 0.05) is 12.5 Å². The van der Waals surface area contributed by atoms with Gasteiger partial charge in [0.25, 0.3) is 0 Å². The van der Waals surface area contributed by atoms with Crippen molar-refractivity contribution in [3.63, 3.8) is 0 Å². The van der Waals surface area contributed by atoms with Crippen molar-refractivity contribution in [3.05, 3.63) is 78.4 Å². The lowest BCUT2D eigenvalue weighted by atomic mass is 9.95. The Morgan fingerprint density at radius 3 is 2.09 bits per heavy atom. The maximum absolute atomic E-state index is 13.8. The van der Waals surface area contributed by atoms with Crippen LogP contribution in [0.1, 0.15) is 37.0 Å². The Balaban J connectivity index is 2.00. The summed E-state index contributed by atoms with van der Waals surface area (Å²) < 4.78 is 38.2. The molecule has 0 aliphatic rings. The molecule has 0 aromatic heterocycles. The second-order valence-electron chi connectivity index (χ2n) is 8.31. The van der Waals surface area contributed by atoms with Crippen LogP contribution in [0.3, 0.4) is 0 Å². The molecular weight excluding hydrogens is 452 g/mol. The average molecular weight is 483 g/mol. The third-order valence-electron chi connectivity index (χ3n) is 5.92. The van der Waals surface area contributed by atoms with Gasteiger partial charge in [-0.1, -0.05) is 61.5 Å². The summed E-state index contributed by atoms with van der Waals surface area (Å²) in [7, 11) is -0.852. The summed E-state index contributed by atoms with van der Waals surface area (Å²) in [5.74, 6) is -0.219. The van der Waals surface area contributed by atoms with Crippen LogP contribution in [0.15, 0.2) is 77.7 Å². The molecule has 0 amide bonds. The predicted octanol–water partition coefficient (Wildman–Crippen LogP) is 5.78. The Morgan fingerprint density at radius 2 is 1.50 bits per heavy atom. The topological polar surface area (TPSA) is 89.9 Å². The van der Waals surface area contributed by atoms with Gasteiger partial charge in [0.2, 0.25) is 0 Å². The number of carboxylic acid groups (broad SMARTS) is 1. The Bertz CT molecular complexity index is 1200. The summed E-state index contributed by atoms with van der Waals surface area (Å²) in [5, 5.41) is 8.22. The molecule has 0 bridgehead atoms. The van der Waals surface area contributed by atoms with E-state index >= 15 is 0 Å². The summed E-state index contributed by atoms with van der Waals surface area (Å²) in [6.45, 7) is 1.89. The van der Waals surface area contributed by atoms with Crippen LogP contribution in [0, 0.1) is 5.92 Å². The fraction of sp³-hybridized carbons (Fsp3) is 0.296. The molecule has 6 nitrogen and oxygen atoms in total. The number of methoxy groups -OCH3 is 2. The Kier molecular flexibility index (Phi) is 8.34. The first-order chi connectivity index (χ1) is 16.3. The van der Waals surface area contributed by atoms with Crippen molar-refractivity contribution in [1.29, 1.82) is 0 Å². The average Bonchev–Trinajstić information content (AvgIpc) is 2.86. The van der Waals surface area contributed by atoms with E-state index in [0.717, 1.165) is 11.1 Å². The number of carboxylic acids is 1. The van der Waals surface area contributed by atoms with Crippen LogP contribution in [-0.2, 0) is 14.6 Å². The van der Waals surface area contributed by atoms with Crippen LogP contribution in [-0.4, -0.2) is 33.7 Å². The molecule has 180 valence electrons. The third-order valence-corrected chi connectivity index (χ3v) is 8.04. The number of sulfone groups is 1. The van der Waals surface area contributed by atoms with Crippen molar-refractivity contribution in [2.75, 3.05) is 14.2 Å². The largest absolute Gasteiger partial charge is 0.493 e. The standard InChI is InChI=1S/C27H30O6S/c1-19(9-16-27(28)29)17-26(22-12-10-21(11-13-22)20-7-5-4-6-8-20)34(30,31)23-14-15-24(32-2)25(18-23)33-3/h4-8,10-15,18-19,26H,9,16-17H2,1-3H3,(H,28,29). The molecule has 0 spiro atoms. The van der Waals surface area contributed by atoms with E-state index in [4.69, 9.17) is 14.6 Å². The molecule has 0 aliphatic heterocycles. The van der Waals surface area contributed by atoms with Gasteiger partial charge in [-0.15, -0.1) is 0 Å². The minimum Gasteiger partial charge on any atom is -0.493 e. The molecule has 2 unspecified atom stereocenters. The smallest absolute Gasteiger partial charge is 0.303 e. The first-order valence-electron chi connectivity index (χ1n) is 11.1. The molecule has 0 saturated carbocycles. The van der Waals surface area contributed by atoms with Crippen LogP contribution in [0.25, 0.3) is 11.1 Å². The van der Waals surface area contributed by atoms with Gasteiger partial charge >= 0.3 is 5.97 Å². The highest BCUT2D eigenvalue weighted by Gasteiger charge is 2.31. The molecule has 3 rings (SSSR count). The first kappa shape index (κ1) is 25.3. The Morgan fingerprint density at radius 1 is 0.882 bits per heavy atom. The van der Waals surface area contributed by atoms with Crippen molar-refractivity contribution in [1.82, 2.24) is 0 Å². The molecule has 0 fully saturated rings. The van der Waals surface area contributed by atoms with Gasteiger partial charge < -0.3 is 14.6 Å². The number of benzene rings is 3. The molecule has 3 aromatic carbocycles. The van der Waals surface area contributed by atoms with Crippen molar-refractivity contribution in [3.8, 4) is 22.6 Å². The number of aliphatic carboxylic acids is 1. The summed E-state index contributed by atoms with van der Waals surface area (Å²) in [6, 6.07) is 22.0. The van der Waals surface area contributed by atoms with Crippen molar-refractivity contribution >= 4 is 15.8 Å². The summed E-state index contributed by atoms with van der Waals surface area (Å²) in [4.78, 5) is 11.2. The van der Waals surface area contributed by atoms with Gasteiger partial charge in [-0.2, -0.15) is 0 Å². The SMILES string of the molecule is COc1ccc(S(=O)(=O)C(CC(C)CCC(=O)O)c2ccc(-c3ccccc3)cc2)cc1OC.